The number of nitroso groups, excluding NO2 is 1. The fourth-order valence-corrected chi connectivity index (χ4v) is 1.54. The van der Waals surface area contributed by atoms with Gasteiger partial charge in [-0.3, -0.25) is 4.98 Å². The van der Waals surface area contributed by atoms with Crippen molar-refractivity contribution in [1.29, 1.82) is 0 Å². The van der Waals surface area contributed by atoms with E-state index in [4.69, 9.17) is 0 Å². The first kappa shape index (κ1) is 13.5. The highest BCUT2D eigenvalue weighted by atomic mass is 16.3. The molecule has 0 radical (unpaired) electrons. The topological polar surface area (TPSA) is 65.8 Å². The van der Waals surface area contributed by atoms with Gasteiger partial charge in [-0.15, -0.1) is 6.58 Å². The van der Waals surface area contributed by atoms with Crippen LogP contribution in [0.1, 0.15) is 11.6 Å². The van der Waals surface area contributed by atoms with Crippen LogP contribution in [0.2, 0.25) is 6.82 Å². The number of hydrogen-bond acceptors (Lipinski definition) is 5. The molecule has 0 fully saturated rings. The summed E-state index contributed by atoms with van der Waals surface area (Å²) in [5.74, 6) is 0. The van der Waals surface area contributed by atoms with Gasteiger partial charge in [0.1, 0.15) is 6.04 Å². The largest absolute Gasteiger partial charge is 0.437 e. The third-order valence-electron chi connectivity index (χ3n) is 2.50. The zero-order valence-electron chi connectivity index (χ0n) is 9.86. The molecule has 0 aliphatic heterocycles. The molecule has 0 aromatic carbocycles. The molecule has 1 atom stereocenters. The monoisotopic (exact) mass is 233 g/mol. The Labute approximate surface area is 101 Å². The van der Waals surface area contributed by atoms with Crippen molar-refractivity contribution in [1.82, 2.24) is 9.79 Å². The van der Waals surface area contributed by atoms with Crippen molar-refractivity contribution < 1.29 is 5.02 Å². The molecule has 90 valence electrons. The second-order valence-corrected chi connectivity index (χ2v) is 3.78. The number of rotatable bonds is 7. The van der Waals surface area contributed by atoms with E-state index in [2.05, 4.69) is 16.7 Å². The van der Waals surface area contributed by atoms with E-state index in [0.29, 0.717) is 13.1 Å². The van der Waals surface area contributed by atoms with Crippen LogP contribution in [0.3, 0.4) is 0 Å². The summed E-state index contributed by atoms with van der Waals surface area (Å²) < 4.78 is 0. The Bertz CT molecular complexity index is 359. The summed E-state index contributed by atoms with van der Waals surface area (Å²) in [6, 6.07) is 3.03. The standard InChI is InChI=1S/C11H16BN3O2/c1-3-7-15(12(2)16)9-11(14-17)10-5-4-6-13-8-10/h3-6,8,11,16H,1,7,9H2,2H3. The minimum Gasteiger partial charge on any atom is -0.437 e. The van der Waals surface area contributed by atoms with Crippen LogP contribution in [0, 0.1) is 4.91 Å². The van der Waals surface area contributed by atoms with Gasteiger partial charge in [-0.2, -0.15) is 4.91 Å². The third kappa shape index (κ3) is 4.09. The smallest absolute Gasteiger partial charge is 0.376 e. The highest BCUT2D eigenvalue weighted by Crippen LogP contribution is 2.17. The number of aromatic nitrogens is 1. The first-order valence-corrected chi connectivity index (χ1v) is 5.44. The number of pyridine rings is 1. The summed E-state index contributed by atoms with van der Waals surface area (Å²) in [4.78, 5) is 16.5. The van der Waals surface area contributed by atoms with Gasteiger partial charge in [0, 0.05) is 25.5 Å². The molecule has 5 nitrogen and oxygen atoms in total. The fourth-order valence-electron chi connectivity index (χ4n) is 1.54. The molecule has 17 heavy (non-hydrogen) atoms. The maximum Gasteiger partial charge on any atom is 0.376 e. The quantitative estimate of drug-likeness (QED) is 0.440. The van der Waals surface area contributed by atoms with Gasteiger partial charge in [0.2, 0.25) is 0 Å². The van der Waals surface area contributed by atoms with E-state index >= 15 is 0 Å². The molecule has 1 unspecified atom stereocenters. The lowest BCUT2D eigenvalue weighted by Gasteiger charge is -2.23. The second kappa shape index (κ2) is 6.93. The zero-order valence-corrected chi connectivity index (χ0v) is 9.86. The van der Waals surface area contributed by atoms with Crippen LogP contribution in [0.4, 0.5) is 0 Å². The van der Waals surface area contributed by atoms with Crippen LogP contribution in [-0.4, -0.2) is 35.0 Å². The minimum atomic E-state index is -0.645. The Morgan fingerprint density at radius 1 is 1.76 bits per heavy atom. The highest BCUT2D eigenvalue weighted by Gasteiger charge is 2.21. The first-order valence-electron chi connectivity index (χ1n) is 5.44. The van der Waals surface area contributed by atoms with Crippen LogP contribution in [0.25, 0.3) is 0 Å². The fraction of sp³-hybridized carbons (Fsp3) is 0.364. The predicted octanol–water partition coefficient (Wildman–Crippen LogP) is 1.49. The van der Waals surface area contributed by atoms with Gasteiger partial charge in [-0.25, -0.2) is 0 Å². The molecule has 0 aliphatic carbocycles. The number of nitrogens with zero attached hydrogens (tertiary/aromatic N) is 3. The van der Waals surface area contributed by atoms with Crippen molar-refractivity contribution in [3.8, 4) is 0 Å². The molecular weight excluding hydrogens is 217 g/mol. The van der Waals surface area contributed by atoms with Crippen molar-refractivity contribution in [2.45, 2.75) is 12.9 Å². The Morgan fingerprint density at radius 3 is 3.00 bits per heavy atom. The Kier molecular flexibility index (Phi) is 5.52. The average Bonchev–Trinajstić information content (AvgIpc) is 2.35. The van der Waals surface area contributed by atoms with Crippen molar-refractivity contribution in [3.05, 3.63) is 47.7 Å². The molecule has 1 aromatic heterocycles. The molecule has 1 aromatic rings. The van der Waals surface area contributed by atoms with Gasteiger partial charge < -0.3 is 9.83 Å². The van der Waals surface area contributed by atoms with Crippen LogP contribution in [-0.2, 0) is 0 Å². The van der Waals surface area contributed by atoms with Gasteiger partial charge in [-0.1, -0.05) is 17.3 Å². The molecular formula is C11H16BN3O2. The van der Waals surface area contributed by atoms with Gasteiger partial charge in [0.15, 0.2) is 0 Å². The highest BCUT2D eigenvalue weighted by molar-refractivity contribution is 6.45. The summed E-state index contributed by atoms with van der Waals surface area (Å²) in [6.45, 7) is 6.11. The zero-order chi connectivity index (χ0) is 12.7. The normalized spacial score (nSPS) is 12.2. The second-order valence-electron chi connectivity index (χ2n) is 3.78. The third-order valence-corrected chi connectivity index (χ3v) is 2.50. The van der Waals surface area contributed by atoms with E-state index in [9.17, 15) is 9.93 Å². The van der Waals surface area contributed by atoms with E-state index in [-0.39, 0.29) is 0 Å². The van der Waals surface area contributed by atoms with Gasteiger partial charge in [-0.05, 0) is 18.5 Å². The maximum atomic E-state index is 10.9. The van der Waals surface area contributed by atoms with Crippen molar-refractivity contribution in [2.75, 3.05) is 13.1 Å². The predicted molar refractivity (Wildman–Crippen MR) is 68.4 cm³/mol. The lowest BCUT2D eigenvalue weighted by molar-refractivity contribution is 0.370. The summed E-state index contributed by atoms with van der Waals surface area (Å²) in [5.41, 5.74) is 0.747. The van der Waals surface area contributed by atoms with Gasteiger partial charge in [0.25, 0.3) is 0 Å². The Balaban J connectivity index is 2.75. The van der Waals surface area contributed by atoms with Crippen LogP contribution in [0.5, 0.6) is 0 Å². The van der Waals surface area contributed by atoms with E-state index < -0.39 is 13.1 Å². The molecule has 0 bridgehead atoms. The minimum absolute atomic E-state index is 0.346. The summed E-state index contributed by atoms with van der Waals surface area (Å²) in [5, 5.41) is 12.6. The molecule has 0 spiro atoms. The van der Waals surface area contributed by atoms with Crippen molar-refractivity contribution >= 4 is 7.05 Å². The first-order chi connectivity index (χ1) is 8.19. The van der Waals surface area contributed by atoms with Gasteiger partial charge >= 0.3 is 7.05 Å². The molecule has 6 heteroatoms. The van der Waals surface area contributed by atoms with E-state index in [1.54, 1.807) is 42.2 Å². The molecule has 0 saturated carbocycles. The molecule has 0 saturated heterocycles. The molecule has 1 rings (SSSR count). The maximum absolute atomic E-state index is 10.9. The molecule has 0 amide bonds. The van der Waals surface area contributed by atoms with Crippen LogP contribution < -0.4 is 0 Å². The lowest BCUT2D eigenvalue weighted by Crippen LogP contribution is -2.39. The summed E-state index contributed by atoms with van der Waals surface area (Å²) in [6.07, 6.45) is 4.93. The lowest BCUT2D eigenvalue weighted by atomic mass is 9.84. The van der Waals surface area contributed by atoms with Crippen LogP contribution >= 0.6 is 0 Å². The molecule has 0 aliphatic rings. The van der Waals surface area contributed by atoms with E-state index in [1.165, 1.54) is 0 Å². The Hall–Kier alpha value is -1.53. The van der Waals surface area contributed by atoms with E-state index in [1.807, 2.05) is 0 Å². The van der Waals surface area contributed by atoms with E-state index in [0.717, 1.165) is 5.56 Å². The molecule has 1 N–H and O–H groups in total. The summed E-state index contributed by atoms with van der Waals surface area (Å²) in [7, 11) is -0.645. The van der Waals surface area contributed by atoms with Crippen LogP contribution in [0.15, 0.2) is 42.4 Å². The average molecular weight is 233 g/mol. The number of hydrogen-bond donors (Lipinski definition) is 1. The summed E-state index contributed by atoms with van der Waals surface area (Å²) >= 11 is 0. The van der Waals surface area contributed by atoms with Gasteiger partial charge in [0.05, 0.1) is 0 Å². The van der Waals surface area contributed by atoms with Crippen molar-refractivity contribution in [3.63, 3.8) is 0 Å². The van der Waals surface area contributed by atoms with Crippen molar-refractivity contribution in [2.24, 2.45) is 5.18 Å². The SMILES string of the molecule is C=CCN(CC(N=O)c1cccnc1)B(C)O. The molecule has 1 heterocycles. The Morgan fingerprint density at radius 2 is 2.53 bits per heavy atom.